The Kier molecular flexibility index (Phi) is 3.35. The molecule has 1 N–H and O–H groups in total. The first-order valence-electron chi connectivity index (χ1n) is 6.72. The molecule has 0 radical (unpaired) electrons. The number of pyridine rings is 1. The van der Waals surface area contributed by atoms with Gasteiger partial charge >= 0.3 is 0 Å². The molecule has 3 aromatic rings. The number of benzene rings is 1. The molecule has 0 fully saturated rings. The Morgan fingerprint density at radius 3 is 2.52 bits per heavy atom. The van der Waals surface area contributed by atoms with E-state index in [2.05, 4.69) is 23.9 Å². The van der Waals surface area contributed by atoms with Gasteiger partial charge in [-0.15, -0.1) is 0 Å². The molecule has 3 rings (SSSR count). The highest BCUT2D eigenvalue weighted by Crippen LogP contribution is 2.31. The van der Waals surface area contributed by atoms with Crippen LogP contribution >= 0.6 is 0 Å². The molecular weight excluding hydrogens is 266 g/mol. The van der Waals surface area contributed by atoms with Gasteiger partial charge < -0.3 is 9.84 Å². The Hall–Kier alpha value is -2.40. The van der Waals surface area contributed by atoms with Crippen LogP contribution in [0.2, 0.25) is 0 Å². The summed E-state index contributed by atoms with van der Waals surface area (Å²) in [6.45, 7) is 4.04. The Balaban J connectivity index is 2.25. The number of fused-ring (bicyclic) bond motifs is 1. The molecule has 2 heterocycles. The summed E-state index contributed by atoms with van der Waals surface area (Å²) in [5.74, 6) is 0.845. The zero-order valence-corrected chi connectivity index (χ0v) is 12.3. The number of hydrogen-bond acceptors (Lipinski definition) is 4. The van der Waals surface area contributed by atoms with Gasteiger partial charge in [0.1, 0.15) is 12.1 Å². The van der Waals surface area contributed by atoms with Gasteiger partial charge in [0.2, 0.25) is 0 Å². The van der Waals surface area contributed by atoms with E-state index >= 15 is 0 Å². The van der Waals surface area contributed by atoms with Gasteiger partial charge in [0, 0.05) is 17.3 Å². The lowest BCUT2D eigenvalue weighted by Crippen LogP contribution is -1.98. The molecule has 5 nitrogen and oxygen atoms in total. The first-order valence-corrected chi connectivity index (χ1v) is 6.72. The molecule has 1 aromatic carbocycles. The summed E-state index contributed by atoms with van der Waals surface area (Å²) in [6, 6.07) is 5.98. The predicted molar refractivity (Wildman–Crippen MR) is 80.4 cm³/mol. The fourth-order valence-electron chi connectivity index (χ4n) is 2.75. The smallest absolute Gasteiger partial charge is 0.160 e. The lowest BCUT2D eigenvalue weighted by molar-refractivity contribution is 0.282. The summed E-state index contributed by atoms with van der Waals surface area (Å²) < 4.78 is 7.00. The second kappa shape index (κ2) is 5.18. The molecule has 0 aliphatic rings. The van der Waals surface area contributed by atoms with E-state index in [1.807, 2.05) is 24.4 Å². The van der Waals surface area contributed by atoms with Crippen LogP contribution in [0.1, 0.15) is 16.7 Å². The Bertz CT molecular complexity index is 785. The van der Waals surface area contributed by atoms with E-state index in [9.17, 15) is 5.11 Å². The molecule has 0 spiro atoms. The van der Waals surface area contributed by atoms with Crippen molar-refractivity contribution >= 4 is 5.65 Å². The minimum Gasteiger partial charge on any atom is -0.497 e. The second-order valence-electron chi connectivity index (χ2n) is 5.08. The summed E-state index contributed by atoms with van der Waals surface area (Å²) in [7, 11) is 1.67. The maximum absolute atomic E-state index is 9.55. The third-order valence-electron chi connectivity index (χ3n) is 3.65. The summed E-state index contributed by atoms with van der Waals surface area (Å²) in [6.07, 6.45) is 3.43. The minimum atomic E-state index is -0.0652. The van der Waals surface area contributed by atoms with Crippen molar-refractivity contribution in [1.82, 2.24) is 14.6 Å². The van der Waals surface area contributed by atoms with E-state index in [-0.39, 0.29) is 6.61 Å². The summed E-state index contributed by atoms with van der Waals surface area (Å²) in [4.78, 5) is 4.17. The highest BCUT2D eigenvalue weighted by molar-refractivity contribution is 5.73. The average Bonchev–Trinajstić information content (AvgIpc) is 2.93. The molecule has 0 atom stereocenters. The van der Waals surface area contributed by atoms with Crippen LogP contribution in [0.3, 0.4) is 0 Å². The van der Waals surface area contributed by atoms with Crippen LogP contribution in [-0.2, 0) is 6.61 Å². The van der Waals surface area contributed by atoms with E-state index < -0.39 is 0 Å². The first-order chi connectivity index (χ1) is 10.1. The largest absolute Gasteiger partial charge is 0.497 e. The van der Waals surface area contributed by atoms with Gasteiger partial charge in [-0.25, -0.2) is 9.50 Å². The van der Waals surface area contributed by atoms with Crippen LogP contribution in [0.5, 0.6) is 5.75 Å². The van der Waals surface area contributed by atoms with Crippen molar-refractivity contribution in [1.29, 1.82) is 0 Å². The molecule has 0 unspecified atom stereocenters. The molecule has 5 heteroatoms. The van der Waals surface area contributed by atoms with Gasteiger partial charge in [-0.2, -0.15) is 5.10 Å². The van der Waals surface area contributed by atoms with Gasteiger partial charge in [-0.05, 0) is 48.7 Å². The molecule has 0 amide bonds. The van der Waals surface area contributed by atoms with Crippen molar-refractivity contribution in [2.75, 3.05) is 7.11 Å². The highest BCUT2D eigenvalue weighted by atomic mass is 16.5. The predicted octanol–water partition coefficient (Wildman–Crippen LogP) is 2.51. The Labute approximate surface area is 122 Å². The summed E-state index contributed by atoms with van der Waals surface area (Å²) in [5.41, 5.74) is 5.83. The van der Waals surface area contributed by atoms with E-state index in [4.69, 9.17) is 4.74 Å². The maximum atomic E-state index is 9.55. The quantitative estimate of drug-likeness (QED) is 0.802. The normalized spacial score (nSPS) is 11.0. The van der Waals surface area contributed by atoms with Gasteiger partial charge in [0.15, 0.2) is 5.65 Å². The monoisotopic (exact) mass is 283 g/mol. The number of hydrogen-bond donors (Lipinski definition) is 1. The van der Waals surface area contributed by atoms with Crippen molar-refractivity contribution in [2.45, 2.75) is 20.5 Å². The fourth-order valence-corrected chi connectivity index (χ4v) is 2.75. The third-order valence-corrected chi connectivity index (χ3v) is 3.65. The zero-order valence-electron chi connectivity index (χ0n) is 12.3. The van der Waals surface area contributed by atoms with Gasteiger partial charge in [-0.1, -0.05) is 0 Å². The summed E-state index contributed by atoms with van der Waals surface area (Å²) in [5, 5.41) is 13.7. The SMILES string of the molecule is COc1cc(C)c(-c2cc(CO)c3ncnn3c2)c(C)c1. The van der Waals surface area contributed by atoms with E-state index in [1.165, 1.54) is 6.33 Å². The molecule has 0 bridgehead atoms. The van der Waals surface area contributed by atoms with E-state index in [0.717, 1.165) is 33.6 Å². The van der Waals surface area contributed by atoms with Crippen LogP contribution in [0.15, 0.2) is 30.7 Å². The molecule has 21 heavy (non-hydrogen) atoms. The lowest BCUT2D eigenvalue weighted by atomic mass is 9.95. The molecule has 0 aliphatic heterocycles. The Morgan fingerprint density at radius 2 is 1.90 bits per heavy atom. The summed E-state index contributed by atoms with van der Waals surface area (Å²) >= 11 is 0. The fraction of sp³-hybridized carbons (Fsp3) is 0.250. The number of nitrogens with zero attached hydrogens (tertiary/aromatic N) is 3. The van der Waals surface area contributed by atoms with Crippen molar-refractivity contribution in [3.8, 4) is 16.9 Å². The molecule has 0 aliphatic carbocycles. The van der Waals surface area contributed by atoms with Gasteiger partial charge in [0.25, 0.3) is 0 Å². The Morgan fingerprint density at radius 1 is 1.19 bits per heavy atom. The van der Waals surface area contributed by atoms with Crippen LogP contribution in [-0.4, -0.2) is 26.8 Å². The number of rotatable bonds is 3. The number of methoxy groups -OCH3 is 1. The first kappa shape index (κ1) is 13.6. The van der Waals surface area contributed by atoms with Crippen LogP contribution < -0.4 is 4.74 Å². The number of aliphatic hydroxyl groups is 1. The zero-order chi connectivity index (χ0) is 15.0. The molecular formula is C16H17N3O2. The van der Waals surface area contributed by atoms with Crippen LogP contribution in [0.4, 0.5) is 0 Å². The number of aromatic nitrogens is 3. The molecule has 108 valence electrons. The second-order valence-corrected chi connectivity index (χ2v) is 5.08. The topological polar surface area (TPSA) is 59.7 Å². The third kappa shape index (κ3) is 2.25. The number of ether oxygens (including phenoxy) is 1. The van der Waals surface area contributed by atoms with Crippen LogP contribution in [0, 0.1) is 13.8 Å². The molecule has 0 saturated carbocycles. The van der Waals surface area contributed by atoms with Crippen molar-refractivity contribution in [3.05, 3.63) is 47.4 Å². The number of aliphatic hydroxyl groups excluding tert-OH is 1. The van der Waals surface area contributed by atoms with E-state index in [1.54, 1.807) is 11.6 Å². The van der Waals surface area contributed by atoms with Crippen molar-refractivity contribution < 1.29 is 9.84 Å². The standard InChI is InChI=1S/C16H17N3O2/c1-10-4-14(21-3)5-11(2)15(10)12-6-13(8-20)16-17-9-18-19(16)7-12/h4-7,9,20H,8H2,1-3H3. The lowest BCUT2D eigenvalue weighted by Gasteiger charge is -2.13. The number of aryl methyl sites for hydroxylation is 2. The van der Waals surface area contributed by atoms with Crippen LogP contribution in [0.25, 0.3) is 16.8 Å². The average molecular weight is 283 g/mol. The van der Waals surface area contributed by atoms with Crippen molar-refractivity contribution in [3.63, 3.8) is 0 Å². The molecule has 2 aromatic heterocycles. The minimum absolute atomic E-state index is 0.0652. The molecule has 0 saturated heterocycles. The van der Waals surface area contributed by atoms with Gasteiger partial charge in [-0.3, -0.25) is 0 Å². The van der Waals surface area contributed by atoms with Crippen molar-refractivity contribution in [2.24, 2.45) is 0 Å². The maximum Gasteiger partial charge on any atom is 0.160 e. The van der Waals surface area contributed by atoms with E-state index in [0.29, 0.717) is 5.65 Å². The highest BCUT2D eigenvalue weighted by Gasteiger charge is 2.12. The van der Waals surface area contributed by atoms with Gasteiger partial charge in [0.05, 0.1) is 13.7 Å².